The Morgan fingerprint density at radius 2 is 1.73 bits per heavy atom. The third-order valence-corrected chi connectivity index (χ3v) is 3.14. The van der Waals surface area contributed by atoms with E-state index in [2.05, 4.69) is 9.97 Å². The summed E-state index contributed by atoms with van der Waals surface area (Å²) in [5.41, 5.74) is -0.616. The standard InChI is InChI=1S/C16H9F3N2O3.Li.H2O/c17-16(18,19)14-6-3-11(8-20-14)24-10-2-5-12-9(7-10)1-4-13(21-12)15(22)23;;/h1-8H,(H,22,23);;1H2/q;+1;/p-1. The molecule has 0 fully saturated rings. The quantitative estimate of drug-likeness (QED) is 0.700. The Bertz CT molecular complexity index is 918. The number of ether oxygens (including phenoxy) is 1. The molecule has 0 saturated heterocycles. The molecular formula is C16H10F3LiN2O4. The molecule has 2 aromatic heterocycles. The first-order chi connectivity index (χ1) is 11.3. The molecule has 0 amide bonds. The number of halogens is 3. The number of hydrogen-bond donors (Lipinski definition) is 1. The van der Waals surface area contributed by atoms with Crippen molar-refractivity contribution in [1.29, 1.82) is 0 Å². The number of carboxylic acid groups (broad SMARTS) is 1. The summed E-state index contributed by atoms with van der Waals surface area (Å²) in [6.45, 7) is 0. The Labute approximate surface area is 157 Å². The summed E-state index contributed by atoms with van der Waals surface area (Å²) < 4.78 is 42.8. The fourth-order valence-corrected chi connectivity index (χ4v) is 2.03. The van der Waals surface area contributed by atoms with Crippen molar-refractivity contribution in [2.45, 2.75) is 6.18 Å². The number of carboxylic acids is 1. The number of aromatic carboxylic acids is 1. The van der Waals surface area contributed by atoms with Crippen LogP contribution in [0, 0.1) is 0 Å². The van der Waals surface area contributed by atoms with Gasteiger partial charge in [0.2, 0.25) is 0 Å². The molecule has 1 aromatic carbocycles. The van der Waals surface area contributed by atoms with Gasteiger partial charge in [-0.1, -0.05) is 6.07 Å². The summed E-state index contributed by atoms with van der Waals surface area (Å²) in [4.78, 5) is 18.2. The van der Waals surface area contributed by atoms with Gasteiger partial charge in [0.05, 0.1) is 11.7 Å². The summed E-state index contributed by atoms with van der Waals surface area (Å²) in [5.74, 6) is -0.612. The van der Waals surface area contributed by atoms with E-state index in [4.69, 9.17) is 9.84 Å². The minimum Gasteiger partial charge on any atom is -0.870 e. The number of carbonyl (C=O) groups is 1. The first-order valence-corrected chi connectivity index (χ1v) is 6.68. The largest absolute Gasteiger partial charge is 1.00 e. The predicted octanol–water partition coefficient (Wildman–Crippen LogP) is 0.966. The van der Waals surface area contributed by atoms with Gasteiger partial charge in [-0.25, -0.2) is 14.8 Å². The molecule has 6 nitrogen and oxygen atoms in total. The molecule has 0 bridgehead atoms. The molecular weight excluding hydrogens is 348 g/mol. The van der Waals surface area contributed by atoms with E-state index in [0.717, 1.165) is 12.3 Å². The number of rotatable bonds is 3. The second-order valence-electron chi connectivity index (χ2n) is 4.84. The fourth-order valence-electron chi connectivity index (χ4n) is 2.03. The van der Waals surface area contributed by atoms with E-state index in [1.165, 1.54) is 12.1 Å². The number of alkyl halides is 3. The average Bonchev–Trinajstić information content (AvgIpc) is 2.54. The van der Waals surface area contributed by atoms with Crippen LogP contribution in [-0.2, 0) is 6.18 Å². The van der Waals surface area contributed by atoms with Crippen LogP contribution in [0.15, 0.2) is 48.7 Å². The van der Waals surface area contributed by atoms with Crippen molar-refractivity contribution in [2.24, 2.45) is 0 Å². The molecule has 3 rings (SSSR count). The summed E-state index contributed by atoms with van der Waals surface area (Å²) in [7, 11) is 0. The molecule has 2 heterocycles. The predicted molar refractivity (Wildman–Crippen MR) is 80.0 cm³/mol. The van der Waals surface area contributed by atoms with Gasteiger partial charge in [0, 0.05) is 5.39 Å². The van der Waals surface area contributed by atoms with Crippen molar-refractivity contribution in [2.75, 3.05) is 0 Å². The van der Waals surface area contributed by atoms with Gasteiger partial charge in [0.1, 0.15) is 22.9 Å². The molecule has 0 aliphatic heterocycles. The molecule has 0 aliphatic rings. The summed E-state index contributed by atoms with van der Waals surface area (Å²) in [6.07, 6.45) is -3.52. The number of aromatic nitrogens is 2. The minimum atomic E-state index is -4.50. The van der Waals surface area contributed by atoms with Crippen LogP contribution in [0.2, 0.25) is 0 Å². The SMILES string of the molecule is O=C(O)c1ccc2cc(Oc3ccc(C(F)(F)F)nc3)ccc2n1.[Li+].[OH-]. The van der Waals surface area contributed by atoms with Crippen molar-refractivity contribution >= 4 is 16.9 Å². The zero-order valence-corrected chi connectivity index (χ0v) is 13.4. The van der Waals surface area contributed by atoms with Crippen LogP contribution in [0.1, 0.15) is 16.2 Å². The third-order valence-electron chi connectivity index (χ3n) is 3.14. The maximum Gasteiger partial charge on any atom is 1.00 e. The van der Waals surface area contributed by atoms with E-state index >= 15 is 0 Å². The van der Waals surface area contributed by atoms with Crippen LogP contribution in [0.25, 0.3) is 10.9 Å². The molecule has 2 N–H and O–H groups in total. The maximum atomic E-state index is 12.5. The van der Waals surface area contributed by atoms with Crippen LogP contribution in [-0.4, -0.2) is 26.5 Å². The van der Waals surface area contributed by atoms with Gasteiger partial charge in [-0.3, -0.25) is 0 Å². The van der Waals surface area contributed by atoms with Crippen LogP contribution in [0.3, 0.4) is 0 Å². The van der Waals surface area contributed by atoms with E-state index in [-0.39, 0.29) is 35.8 Å². The van der Waals surface area contributed by atoms with Crippen LogP contribution < -0.4 is 23.6 Å². The van der Waals surface area contributed by atoms with Gasteiger partial charge in [0.25, 0.3) is 0 Å². The Morgan fingerprint density at radius 3 is 2.31 bits per heavy atom. The van der Waals surface area contributed by atoms with Gasteiger partial charge in [-0.05, 0) is 36.4 Å². The fraction of sp³-hybridized carbons (Fsp3) is 0.0625. The molecule has 26 heavy (non-hydrogen) atoms. The number of benzene rings is 1. The van der Waals surface area contributed by atoms with E-state index < -0.39 is 17.8 Å². The van der Waals surface area contributed by atoms with E-state index in [0.29, 0.717) is 16.7 Å². The van der Waals surface area contributed by atoms with Gasteiger partial charge in [-0.15, -0.1) is 0 Å². The van der Waals surface area contributed by atoms with Crippen LogP contribution >= 0.6 is 0 Å². The van der Waals surface area contributed by atoms with Gasteiger partial charge >= 0.3 is 31.0 Å². The Morgan fingerprint density at radius 1 is 1.04 bits per heavy atom. The molecule has 3 aromatic rings. The average molecular weight is 358 g/mol. The van der Waals surface area contributed by atoms with Crippen molar-refractivity contribution in [3.63, 3.8) is 0 Å². The molecule has 0 radical (unpaired) electrons. The first kappa shape index (κ1) is 21.4. The maximum absolute atomic E-state index is 12.5. The van der Waals surface area contributed by atoms with Crippen molar-refractivity contribution in [3.8, 4) is 11.5 Å². The molecule has 0 saturated carbocycles. The number of pyridine rings is 2. The Kier molecular flexibility index (Phi) is 6.75. The van der Waals surface area contributed by atoms with Crippen LogP contribution in [0.5, 0.6) is 11.5 Å². The number of nitrogens with zero attached hydrogens (tertiary/aromatic N) is 2. The van der Waals surface area contributed by atoms with Crippen molar-refractivity contribution in [3.05, 3.63) is 60.0 Å². The molecule has 0 unspecified atom stereocenters. The van der Waals surface area contributed by atoms with Gasteiger partial charge in [-0.2, -0.15) is 13.2 Å². The first-order valence-electron chi connectivity index (χ1n) is 6.68. The zero-order chi connectivity index (χ0) is 17.3. The summed E-state index contributed by atoms with van der Waals surface area (Å²) >= 11 is 0. The molecule has 130 valence electrons. The normalized spacial score (nSPS) is 10.6. The van der Waals surface area contributed by atoms with E-state index in [1.807, 2.05) is 0 Å². The monoisotopic (exact) mass is 358 g/mol. The second-order valence-corrected chi connectivity index (χ2v) is 4.84. The number of hydrogen-bond acceptors (Lipinski definition) is 5. The molecule has 10 heteroatoms. The van der Waals surface area contributed by atoms with Crippen molar-refractivity contribution in [1.82, 2.24) is 9.97 Å². The topological polar surface area (TPSA) is 102 Å². The Balaban J connectivity index is 0.00000169. The number of fused-ring (bicyclic) bond motifs is 1. The van der Waals surface area contributed by atoms with Crippen molar-refractivity contribution < 1.29 is 52.1 Å². The van der Waals surface area contributed by atoms with Gasteiger partial charge < -0.3 is 15.3 Å². The molecule has 0 atom stereocenters. The Hall–Kier alpha value is -2.60. The molecule has 0 aliphatic carbocycles. The summed E-state index contributed by atoms with van der Waals surface area (Å²) in [5, 5.41) is 9.54. The third kappa shape index (κ3) is 4.73. The minimum absolute atomic E-state index is 0. The van der Waals surface area contributed by atoms with Gasteiger partial charge in [0.15, 0.2) is 0 Å². The smallest absolute Gasteiger partial charge is 0.870 e. The second kappa shape index (κ2) is 8.18. The zero-order valence-electron chi connectivity index (χ0n) is 13.4. The molecule has 0 spiro atoms. The van der Waals surface area contributed by atoms with E-state index in [9.17, 15) is 18.0 Å². The summed E-state index contributed by atoms with van der Waals surface area (Å²) in [6, 6.07) is 9.64. The van der Waals surface area contributed by atoms with E-state index in [1.54, 1.807) is 24.3 Å². The van der Waals surface area contributed by atoms with Crippen LogP contribution in [0.4, 0.5) is 13.2 Å².